The summed E-state index contributed by atoms with van der Waals surface area (Å²) in [7, 11) is 0. The van der Waals surface area contributed by atoms with Crippen molar-refractivity contribution in [1.82, 2.24) is 0 Å². The second kappa shape index (κ2) is 3.81. The molecule has 0 saturated carbocycles. The van der Waals surface area contributed by atoms with Crippen LogP contribution in [0.4, 0.5) is 0 Å². The summed E-state index contributed by atoms with van der Waals surface area (Å²) in [6, 6.07) is 2.02. The number of rotatable bonds is 1. The number of hydrogen-bond acceptors (Lipinski definition) is 1. The third-order valence-corrected chi connectivity index (χ3v) is 7.20. The molecule has 0 aliphatic carbocycles. The summed E-state index contributed by atoms with van der Waals surface area (Å²) in [5, 5.41) is 2.07. The third-order valence-electron chi connectivity index (χ3n) is 1.02. The molecule has 1 heterocycles. The lowest BCUT2D eigenvalue weighted by molar-refractivity contribution is 1.91. The van der Waals surface area contributed by atoms with Crippen LogP contribution in [0.1, 0.15) is 5.56 Å². The van der Waals surface area contributed by atoms with E-state index in [4.69, 9.17) is 6.42 Å². The fraction of sp³-hybridized carbons (Fsp3) is 0. The van der Waals surface area contributed by atoms with E-state index in [1.807, 2.05) is 6.07 Å². The zero-order chi connectivity index (χ0) is 6.69. The second-order valence-electron chi connectivity index (χ2n) is 1.54. The SMILES string of the molecule is C#Cc1ccs[c]1[Mg][I]. The summed E-state index contributed by atoms with van der Waals surface area (Å²) in [6.45, 7) is 0. The molecule has 0 fully saturated rings. The standard InChI is InChI=1S/C6H3S.HI.Mg/c1-2-6-3-4-7-5-6;;/h1,3-4H;1H;/q;;+1/p-1. The Morgan fingerprint density at radius 2 is 2.56 bits per heavy atom. The highest BCUT2D eigenvalue weighted by molar-refractivity contribution is 14.1. The number of terminal acetylenes is 1. The lowest BCUT2D eigenvalue weighted by Gasteiger charge is -1.85. The maximum Gasteiger partial charge on any atom is 0.519 e. The highest BCUT2D eigenvalue weighted by Gasteiger charge is 2.00. The van der Waals surface area contributed by atoms with Gasteiger partial charge in [-0.25, -0.2) is 0 Å². The van der Waals surface area contributed by atoms with Crippen LogP contribution in [0, 0.1) is 12.3 Å². The van der Waals surface area contributed by atoms with E-state index in [1.54, 1.807) is 11.3 Å². The molecular formula is C6H3IMgS. The van der Waals surface area contributed by atoms with Crippen LogP contribution in [0.3, 0.4) is 0 Å². The average molecular weight is 258 g/mol. The maximum absolute atomic E-state index is 5.25. The number of hydrogen-bond donors (Lipinski definition) is 0. The first-order chi connectivity index (χ1) is 4.38. The molecule has 1 rings (SSSR count). The average Bonchev–Trinajstić information content (AvgIpc) is 2.33. The molecule has 3 heteroatoms. The van der Waals surface area contributed by atoms with Crippen molar-refractivity contribution < 1.29 is 0 Å². The van der Waals surface area contributed by atoms with Crippen LogP contribution in [0.15, 0.2) is 11.4 Å². The van der Waals surface area contributed by atoms with Crippen molar-refractivity contribution in [2.75, 3.05) is 0 Å². The summed E-state index contributed by atoms with van der Waals surface area (Å²) in [6.07, 6.45) is 5.25. The zero-order valence-electron chi connectivity index (χ0n) is 4.73. The molecule has 0 atom stereocenters. The van der Waals surface area contributed by atoms with Gasteiger partial charge in [-0.3, -0.25) is 18.9 Å². The van der Waals surface area contributed by atoms with Gasteiger partial charge in [0.05, 0.1) is 0 Å². The fourth-order valence-corrected chi connectivity index (χ4v) is 4.95. The van der Waals surface area contributed by atoms with Gasteiger partial charge < -0.3 is 0 Å². The first kappa shape index (κ1) is 7.86. The molecule has 0 nitrogen and oxygen atoms in total. The monoisotopic (exact) mass is 258 g/mol. The van der Waals surface area contributed by atoms with Crippen molar-refractivity contribution in [2.24, 2.45) is 0 Å². The molecule has 0 aliphatic heterocycles. The predicted octanol–water partition coefficient (Wildman–Crippen LogP) is 1.41. The van der Waals surface area contributed by atoms with E-state index in [1.165, 1.54) is 3.01 Å². The van der Waals surface area contributed by atoms with Crippen molar-refractivity contribution in [3.05, 3.63) is 17.0 Å². The van der Waals surface area contributed by atoms with E-state index in [9.17, 15) is 0 Å². The van der Waals surface area contributed by atoms with Gasteiger partial charge in [-0.1, -0.05) is 8.93 Å². The molecule has 9 heavy (non-hydrogen) atoms. The van der Waals surface area contributed by atoms with Gasteiger partial charge in [-0.05, 0) is 11.4 Å². The zero-order valence-corrected chi connectivity index (χ0v) is 9.11. The van der Waals surface area contributed by atoms with E-state index < -0.39 is 0 Å². The van der Waals surface area contributed by atoms with Crippen molar-refractivity contribution in [3.63, 3.8) is 0 Å². The van der Waals surface area contributed by atoms with Crippen LogP contribution in [0.25, 0.3) is 0 Å². The Hall–Kier alpha value is 0.756. The molecule has 0 N–H and O–H groups in total. The first-order valence-electron chi connectivity index (χ1n) is 2.47. The molecule has 0 bridgehead atoms. The van der Waals surface area contributed by atoms with Crippen LogP contribution in [-0.2, 0) is 0 Å². The van der Waals surface area contributed by atoms with E-state index in [0.29, 0.717) is 0 Å². The van der Waals surface area contributed by atoms with Crippen LogP contribution >= 0.6 is 30.2 Å². The molecule has 0 spiro atoms. The highest BCUT2D eigenvalue weighted by atomic mass is 127. The lowest BCUT2D eigenvalue weighted by Crippen LogP contribution is -2.05. The van der Waals surface area contributed by atoms with Crippen LogP contribution in [0.5, 0.6) is 0 Å². The largest absolute Gasteiger partial charge is 0.519 e. The van der Waals surface area contributed by atoms with Gasteiger partial charge in [0.1, 0.15) is 0 Å². The predicted molar refractivity (Wildman–Crippen MR) is 51.7 cm³/mol. The Bertz CT molecular complexity index is 235. The smallest absolute Gasteiger partial charge is 0.289 e. The van der Waals surface area contributed by atoms with Gasteiger partial charge in [0.2, 0.25) is 0 Å². The molecular weight excluding hydrogens is 255 g/mol. The summed E-state index contributed by atoms with van der Waals surface area (Å²) < 4.78 is 1.44. The molecule has 1 aromatic rings. The molecule has 0 amide bonds. The second-order valence-corrected chi connectivity index (χ2v) is 6.31. The van der Waals surface area contributed by atoms with E-state index >= 15 is 0 Å². The molecule has 42 valence electrons. The van der Waals surface area contributed by atoms with Crippen LogP contribution in [0.2, 0.25) is 0 Å². The normalized spacial score (nSPS) is 8.00. The molecule has 0 unspecified atom stereocenters. The van der Waals surface area contributed by atoms with E-state index in [-0.39, 0.29) is 16.5 Å². The molecule has 1 aromatic heterocycles. The first-order valence-corrected chi connectivity index (χ1v) is 9.17. The van der Waals surface area contributed by atoms with E-state index in [0.717, 1.165) is 5.56 Å². The summed E-state index contributed by atoms with van der Waals surface area (Å²) >= 11 is 4.18. The minimum absolute atomic E-state index is 0.0604. The fourth-order valence-electron chi connectivity index (χ4n) is 0.573. The van der Waals surface area contributed by atoms with Crippen molar-refractivity contribution in [1.29, 1.82) is 0 Å². The topological polar surface area (TPSA) is 0 Å². The van der Waals surface area contributed by atoms with Crippen molar-refractivity contribution in [2.45, 2.75) is 0 Å². The van der Waals surface area contributed by atoms with Gasteiger partial charge in [0, 0.05) is 5.56 Å². The number of thiophene rings is 1. The summed E-state index contributed by atoms with van der Waals surface area (Å²) in [4.78, 5) is 0. The Morgan fingerprint density at radius 3 is 3.00 bits per heavy atom. The van der Waals surface area contributed by atoms with Crippen LogP contribution < -0.4 is 3.01 Å². The number of halogens is 1. The summed E-state index contributed by atoms with van der Waals surface area (Å²) in [5.41, 5.74) is 1.11. The van der Waals surface area contributed by atoms with Crippen LogP contribution in [-0.4, -0.2) is 16.5 Å². The van der Waals surface area contributed by atoms with Gasteiger partial charge in [-0.15, -0.1) is 6.42 Å². The van der Waals surface area contributed by atoms with Gasteiger partial charge in [0.15, 0.2) is 0 Å². The van der Waals surface area contributed by atoms with Gasteiger partial charge >= 0.3 is 16.5 Å². The Morgan fingerprint density at radius 1 is 1.78 bits per heavy atom. The lowest BCUT2D eigenvalue weighted by atomic mass is 10.4. The maximum atomic E-state index is 5.25. The summed E-state index contributed by atoms with van der Waals surface area (Å²) in [5.74, 6) is 2.67. The molecule has 0 aliphatic rings. The third kappa shape index (κ3) is 1.84. The highest BCUT2D eigenvalue weighted by Crippen LogP contribution is 2.01. The van der Waals surface area contributed by atoms with Gasteiger partial charge in [0.25, 0.3) is 0 Å². The Balaban J connectivity index is 3.02. The quantitative estimate of drug-likeness (QED) is 0.406. The molecule has 0 aromatic carbocycles. The molecule has 0 radical (unpaired) electrons. The minimum atomic E-state index is -0.0604. The Kier molecular flexibility index (Phi) is 3.33. The van der Waals surface area contributed by atoms with E-state index in [2.05, 4.69) is 30.2 Å². The molecule has 0 saturated heterocycles. The van der Waals surface area contributed by atoms with Crippen molar-refractivity contribution >= 4 is 49.7 Å². The van der Waals surface area contributed by atoms with Gasteiger partial charge in [-0.2, -0.15) is 11.3 Å². The minimum Gasteiger partial charge on any atom is -0.289 e. The van der Waals surface area contributed by atoms with Crippen molar-refractivity contribution in [3.8, 4) is 12.3 Å². The Labute approximate surface area is 78.1 Å².